The smallest absolute Gasteiger partial charge is 0.325 e. The Balaban J connectivity index is 2.59. The average Bonchev–Trinajstić information content (AvgIpc) is 2.25. The van der Waals surface area contributed by atoms with E-state index in [0.29, 0.717) is 5.92 Å². The van der Waals surface area contributed by atoms with Gasteiger partial charge in [0.2, 0.25) is 0 Å². The molecule has 0 amide bonds. The molecule has 0 bridgehead atoms. The standard InChI is InChI=1S/C13H19NO2/c1-10(2)8-9-14-12(13(15)16)11-6-4-3-5-7-11/h3-7,10,12,14H,8-9H2,1-2H3,(H,15,16). The summed E-state index contributed by atoms with van der Waals surface area (Å²) in [5, 5.41) is 12.2. The molecule has 0 heterocycles. The zero-order valence-corrected chi connectivity index (χ0v) is 9.81. The van der Waals surface area contributed by atoms with Gasteiger partial charge in [0.05, 0.1) is 0 Å². The average molecular weight is 221 g/mol. The minimum Gasteiger partial charge on any atom is -0.480 e. The van der Waals surface area contributed by atoms with Crippen LogP contribution in [0.4, 0.5) is 0 Å². The van der Waals surface area contributed by atoms with Crippen molar-refractivity contribution in [2.45, 2.75) is 26.3 Å². The molecule has 0 aliphatic carbocycles. The number of carbonyl (C=O) groups is 1. The first-order chi connectivity index (χ1) is 7.61. The first-order valence-electron chi connectivity index (χ1n) is 5.62. The summed E-state index contributed by atoms with van der Waals surface area (Å²) in [7, 11) is 0. The van der Waals surface area contributed by atoms with E-state index >= 15 is 0 Å². The van der Waals surface area contributed by atoms with Crippen molar-refractivity contribution in [1.82, 2.24) is 5.32 Å². The minimum atomic E-state index is -0.824. The number of nitrogens with one attached hydrogen (secondary N) is 1. The number of carboxylic acid groups (broad SMARTS) is 1. The summed E-state index contributed by atoms with van der Waals surface area (Å²) in [5.41, 5.74) is 0.804. The van der Waals surface area contributed by atoms with Gasteiger partial charge in [-0.2, -0.15) is 0 Å². The fraction of sp³-hybridized carbons (Fsp3) is 0.462. The summed E-state index contributed by atoms with van der Waals surface area (Å²) in [6.45, 7) is 4.98. The molecular weight excluding hydrogens is 202 g/mol. The van der Waals surface area contributed by atoms with Crippen molar-refractivity contribution in [2.75, 3.05) is 6.54 Å². The fourth-order valence-electron chi connectivity index (χ4n) is 1.51. The molecule has 1 unspecified atom stereocenters. The Bertz CT molecular complexity index is 322. The second kappa shape index (κ2) is 6.28. The van der Waals surface area contributed by atoms with Crippen LogP contribution in [0.2, 0.25) is 0 Å². The molecule has 0 saturated heterocycles. The molecule has 0 spiro atoms. The maximum absolute atomic E-state index is 11.1. The highest BCUT2D eigenvalue weighted by Gasteiger charge is 2.18. The van der Waals surface area contributed by atoms with Crippen molar-refractivity contribution in [3.63, 3.8) is 0 Å². The molecule has 0 aliphatic heterocycles. The van der Waals surface area contributed by atoms with E-state index < -0.39 is 12.0 Å². The van der Waals surface area contributed by atoms with Gasteiger partial charge in [0.1, 0.15) is 6.04 Å². The van der Waals surface area contributed by atoms with E-state index in [-0.39, 0.29) is 0 Å². The van der Waals surface area contributed by atoms with Crippen LogP contribution in [0.5, 0.6) is 0 Å². The monoisotopic (exact) mass is 221 g/mol. The summed E-state index contributed by atoms with van der Waals surface area (Å²) >= 11 is 0. The fourth-order valence-corrected chi connectivity index (χ4v) is 1.51. The van der Waals surface area contributed by atoms with E-state index in [1.165, 1.54) is 0 Å². The number of carboxylic acids is 1. The van der Waals surface area contributed by atoms with Gasteiger partial charge in [-0.3, -0.25) is 4.79 Å². The van der Waals surface area contributed by atoms with Gasteiger partial charge in [0.25, 0.3) is 0 Å². The van der Waals surface area contributed by atoms with E-state index in [4.69, 9.17) is 5.11 Å². The Morgan fingerprint density at radius 3 is 2.44 bits per heavy atom. The first-order valence-corrected chi connectivity index (χ1v) is 5.62. The quantitative estimate of drug-likeness (QED) is 0.775. The molecule has 16 heavy (non-hydrogen) atoms. The Kier molecular flexibility index (Phi) is 4.99. The molecule has 1 rings (SSSR count). The zero-order chi connectivity index (χ0) is 12.0. The van der Waals surface area contributed by atoms with Crippen molar-refractivity contribution in [3.8, 4) is 0 Å². The van der Waals surface area contributed by atoms with Crippen molar-refractivity contribution >= 4 is 5.97 Å². The van der Waals surface area contributed by atoms with Crippen LogP contribution in [0.15, 0.2) is 30.3 Å². The number of aliphatic carboxylic acids is 1. The maximum atomic E-state index is 11.1. The van der Waals surface area contributed by atoms with E-state index in [9.17, 15) is 4.79 Å². The van der Waals surface area contributed by atoms with Gasteiger partial charge in [-0.25, -0.2) is 0 Å². The van der Waals surface area contributed by atoms with Gasteiger partial charge < -0.3 is 10.4 Å². The number of hydrogen-bond donors (Lipinski definition) is 2. The normalized spacial score (nSPS) is 12.7. The molecular formula is C13H19NO2. The summed E-state index contributed by atoms with van der Waals surface area (Å²) < 4.78 is 0. The molecule has 2 N–H and O–H groups in total. The lowest BCUT2D eigenvalue weighted by Gasteiger charge is -2.15. The molecule has 1 atom stereocenters. The van der Waals surface area contributed by atoms with Gasteiger partial charge in [-0.05, 0) is 24.4 Å². The molecule has 88 valence electrons. The van der Waals surface area contributed by atoms with E-state index in [0.717, 1.165) is 18.5 Å². The number of hydrogen-bond acceptors (Lipinski definition) is 2. The zero-order valence-electron chi connectivity index (χ0n) is 9.81. The third-order valence-electron chi connectivity index (χ3n) is 2.45. The van der Waals surface area contributed by atoms with Crippen LogP contribution in [0, 0.1) is 5.92 Å². The Morgan fingerprint density at radius 1 is 1.31 bits per heavy atom. The van der Waals surface area contributed by atoms with Crippen molar-refractivity contribution in [2.24, 2.45) is 5.92 Å². The van der Waals surface area contributed by atoms with Crippen LogP contribution in [0.3, 0.4) is 0 Å². The predicted octanol–water partition coefficient (Wildman–Crippen LogP) is 2.45. The van der Waals surface area contributed by atoms with Gasteiger partial charge in [0, 0.05) is 0 Å². The molecule has 1 aromatic carbocycles. The first kappa shape index (κ1) is 12.7. The Labute approximate surface area is 96.5 Å². The molecule has 3 nitrogen and oxygen atoms in total. The third-order valence-corrected chi connectivity index (χ3v) is 2.45. The minimum absolute atomic E-state index is 0.581. The van der Waals surface area contributed by atoms with Gasteiger partial charge in [-0.1, -0.05) is 44.2 Å². The molecule has 0 saturated carbocycles. The molecule has 0 aliphatic rings. The largest absolute Gasteiger partial charge is 0.480 e. The van der Waals surface area contributed by atoms with E-state index in [2.05, 4.69) is 19.2 Å². The molecule has 1 aromatic rings. The number of rotatable bonds is 6. The highest BCUT2D eigenvalue weighted by Crippen LogP contribution is 2.12. The van der Waals surface area contributed by atoms with Crippen LogP contribution >= 0.6 is 0 Å². The van der Waals surface area contributed by atoms with Gasteiger partial charge >= 0.3 is 5.97 Å². The molecule has 0 radical (unpaired) electrons. The SMILES string of the molecule is CC(C)CCNC(C(=O)O)c1ccccc1. The second-order valence-electron chi connectivity index (χ2n) is 4.32. The Hall–Kier alpha value is -1.35. The van der Waals surface area contributed by atoms with Gasteiger partial charge in [0.15, 0.2) is 0 Å². The summed E-state index contributed by atoms with van der Waals surface area (Å²) in [4.78, 5) is 11.1. The lowest BCUT2D eigenvalue weighted by molar-refractivity contribution is -0.139. The van der Waals surface area contributed by atoms with Crippen LogP contribution in [0.1, 0.15) is 31.9 Å². The van der Waals surface area contributed by atoms with Crippen molar-refractivity contribution < 1.29 is 9.90 Å². The number of benzene rings is 1. The molecule has 3 heteroatoms. The second-order valence-corrected chi connectivity index (χ2v) is 4.32. The lowest BCUT2D eigenvalue weighted by atomic mass is 10.1. The maximum Gasteiger partial charge on any atom is 0.325 e. The van der Waals surface area contributed by atoms with Crippen LogP contribution in [-0.2, 0) is 4.79 Å². The van der Waals surface area contributed by atoms with Crippen LogP contribution in [-0.4, -0.2) is 17.6 Å². The highest BCUT2D eigenvalue weighted by molar-refractivity contribution is 5.75. The summed E-state index contributed by atoms with van der Waals surface area (Å²) in [5.74, 6) is -0.243. The van der Waals surface area contributed by atoms with Crippen molar-refractivity contribution in [3.05, 3.63) is 35.9 Å². The topological polar surface area (TPSA) is 49.3 Å². The third kappa shape index (κ3) is 4.03. The lowest BCUT2D eigenvalue weighted by Crippen LogP contribution is -2.29. The molecule has 0 fully saturated rings. The summed E-state index contributed by atoms with van der Waals surface area (Å²) in [6.07, 6.45) is 0.983. The molecule has 0 aromatic heterocycles. The van der Waals surface area contributed by atoms with E-state index in [1.54, 1.807) is 0 Å². The van der Waals surface area contributed by atoms with E-state index in [1.807, 2.05) is 30.3 Å². The highest BCUT2D eigenvalue weighted by atomic mass is 16.4. The summed E-state index contributed by atoms with van der Waals surface area (Å²) in [6, 6.07) is 8.67. The predicted molar refractivity (Wildman–Crippen MR) is 64.3 cm³/mol. The Morgan fingerprint density at radius 2 is 1.94 bits per heavy atom. The van der Waals surface area contributed by atoms with Crippen LogP contribution < -0.4 is 5.32 Å². The van der Waals surface area contributed by atoms with Crippen LogP contribution in [0.25, 0.3) is 0 Å². The van der Waals surface area contributed by atoms with Gasteiger partial charge in [-0.15, -0.1) is 0 Å². The van der Waals surface area contributed by atoms with Crippen molar-refractivity contribution in [1.29, 1.82) is 0 Å².